The van der Waals surface area contributed by atoms with Crippen molar-refractivity contribution in [1.82, 2.24) is 9.44 Å². The molecule has 0 unspecified atom stereocenters. The van der Waals surface area contributed by atoms with Gasteiger partial charge < -0.3 is 0 Å². The fourth-order valence-corrected chi connectivity index (χ4v) is 5.15. The minimum absolute atomic E-state index is 0.121. The summed E-state index contributed by atoms with van der Waals surface area (Å²) in [5, 5.41) is 0. The average molecular weight is 445 g/mol. The second kappa shape index (κ2) is 9.09. The van der Waals surface area contributed by atoms with Crippen molar-refractivity contribution in [3.05, 3.63) is 95.6 Å². The quantitative estimate of drug-likeness (QED) is 0.558. The number of hydrogen-bond acceptors (Lipinski definition) is 4. The Morgan fingerprint density at radius 2 is 1.13 bits per heavy atom. The summed E-state index contributed by atoms with van der Waals surface area (Å²) in [5.74, 6) is 0. The van der Waals surface area contributed by atoms with Gasteiger partial charge in [0.25, 0.3) is 0 Å². The zero-order chi connectivity index (χ0) is 21.8. The molecule has 6 nitrogen and oxygen atoms in total. The molecule has 0 aliphatic rings. The van der Waals surface area contributed by atoms with E-state index in [2.05, 4.69) is 9.44 Å². The van der Waals surface area contributed by atoms with E-state index in [9.17, 15) is 16.8 Å². The van der Waals surface area contributed by atoms with E-state index in [0.29, 0.717) is 5.56 Å². The third-order valence-electron chi connectivity index (χ3n) is 4.64. The van der Waals surface area contributed by atoms with E-state index < -0.39 is 26.1 Å². The molecule has 0 bridgehead atoms. The molecular weight excluding hydrogens is 420 g/mol. The van der Waals surface area contributed by atoms with E-state index in [1.54, 1.807) is 48.5 Å². The molecule has 0 aliphatic carbocycles. The molecule has 0 saturated heterocycles. The summed E-state index contributed by atoms with van der Waals surface area (Å²) in [6.45, 7) is 3.61. The fraction of sp³-hybridized carbons (Fsp3) is 0.182. The zero-order valence-electron chi connectivity index (χ0n) is 16.7. The van der Waals surface area contributed by atoms with Crippen molar-refractivity contribution < 1.29 is 16.8 Å². The molecule has 3 aromatic rings. The highest BCUT2D eigenvalue weighted by Crippen LogP contribution is 2.19. The lowest BCUT2D eigenvalue weighted by atomic mass is 10.1. The topological polar surface area (TPSA) is 92.3 Å². The van der Waals surface area contributed by atoms with Crippen LogP contribution >= 0.6 is 0 Å². The summed E-state index contributed by atoms with van der Waals surface area (Å²) >= 11 is 0. The first-order valence-corrected chi connectivity index (χ1v) is 12.3. The highest BCUT2D eigenvalue weighted by Gasteiger charge is 2.24. The van der Waals surface area contributed by atoms with Gasteiger partial charge in [-0.1, -0.05) is 65.7 Å². The molecule has 0 radical (unpaired) electrons. The van der Waals surface area contributed by atoms with Gasteiger partial charge in [-0.2, -0.15) is 0 Å². The van der Waals surface area contributed by atoms with E-state index in [-0.39, 0.29) is 16.3 Å². The average Bonchev–Trinajstić information content (AvgIpc) is 2.72. The van der Waals surface area contributed by atoms with Crippen LogP contribution in [0, 0.1) is 13.8 Å². The normalized spacial score (nSPS) is 13.1. The summed E-state index contributed by atoms with van der Waals surface area (Å²) < 4.78 is 56.2. The van der Waals surface area contributed by atoms with Crippen LogP contribution in [0.3, 0.4) is 0 Å². The smallest absolute Gasteiger partial charge is 0.209 e. The highest BCUT2D eigenvalue weighted by molar-refractivity contribution is 7.90. The summed E-state index contributed by atoms with van der Waals surface area (Å²) in [6.07, 6.45) is 0. The maximum absolute atomic E-state index is 12.9. The molecule has 0 fully saturated rings. The van der Waals surface area contributed by atoms with E-state index in [1.165, 1.54) is 24.3 Å². The van der Waals surface area contributed by atoms with Gasteiger partial charge in [0.2, 0.25) is 20.0 Å². The van der Waals surface area contributed by atoms with Crippen molar-refractivity contribution in [2.24, 2.45) is 0 Å². The minimum atomic E-state index is -3.85. The SMILES string of the molecule is Cc1ccc(S(=O)(=O)NC[C@@H](NS(=O)(=O)c2ccc(C)cc2)c2ccccc2)cc1. The number of hydrogen-bond donors (Lipinski definition) is 2. The molecule has 0 spiro atoms. The van der Waals surface area contributed by atoms with Gasteiger partial charge in [0, 0.05) is 6.54 Å². The van der Waals surface area contributed by atoms with Crippen LogP contribution in [-0.4, -0.2) is 23.4 Å². The molecule has 1 atom stereocenters. The Kier molecular flexibility index (Phi) is 6.72. The van der Waals surface area contributed by atoms with Gasteiger partial charge in [0.05, 0.1) is 15.8 Å². The molecule has 0 amide bonds. The number of benzene rings is 3. The van der Waals surface area contributed by atoms with Crippen LogP contribution in [0.15, 0.2) is 88.7 Å². The first-order chi connectivity index (χ1) is 14.2. The molecule has 3 rings (SSSR count). The Bertz CT molecular complexity index is 1190. The molecule has 3 aromatic carbocycles. The van der Waals surface area contributed by atoms with Crippen LogP contribution in [0.4, 0.5) is 0 Å². The highest BCUT2D eigenvalue weighted by atomic mass is 32.2. The van der Waals surface area contributed by atoms with Crippen LogP contribution in [0.25, 0.3) is 0 Å². The summed E-state index contributed by atoms with van der Waals surface area (Å²) in [5.41, 5.74) is 2.54. The second-order valence-corrected chi connectivity index (χ2v) is 10.5. The van der Waals surface area contributed by atoms with Gasteiger partial charge >= 0.3 is 0 Å². The van der Waals surface area contributed by atoms with Gasteiger partial charge in [-0.15, -0.1) is 0 Å². The van der Waals surface area contributed by atoms with Crippen molar-refractivity contribution in [1.29, 1.82) is 0 Å². The fourth-order valence-electron chi connectivity index (χ4n) is 2.88. The van der Waals surface area contributed by atoms with Crippen molar-refractivity contribution in [3.63, 3.8) is 0 Å². The predicted molar refractivity (Wildman–Crippen MR) is 117 cm³/mol. The Hall–Kier alpha value is -2.52. The molecule has 0 aromatic heterocycles. The standard InChI is InChI=1S/C22H24N2O4S2/c1-17-8-12-20(13-9-17)29(25,26)23-16-22(19-6-4-3-5-7-19)24-30(27,28)21-14-10-18(2)11-15-21/h3-15,22-24H,16H2,1-2H3/t22-/m1/s1. The molecule has 8 heteroatoms. The number of rotatable bonds is 8. The third kappa shape index (κ3) is 5.54. The lowest BCUT2D eigenvalue weighted by Crippen LogP contribution is -2.37. The van der Waals surface area contributed by atoms with Crippen LogP contribution in [0.2, 0.25) is 0 Å². The van der Waals surface area contributed by atoms with Crippen molar-refractivity contribution >= 4 is 20.0 Å². The maximum atomic E-state index is 12.9. The molecular formula is C22H24N2O4S2. The Morgan fingerprint density at radius 1 is 0.667 bits per heavy atom. The molecule has 0 heterocycles. The zero-order valence-corrected chi connectivity index (χ0v) is 18.4. The molecule has 158 valence electrons. The first kappa shape index (κ1) is 22.2. The molecule has 2 N–H and O–H groups in total. The molecule has 0 saturated carbocycles. The monoisotopic (exact) mass is 444 g/mol. The van der Waals surface area contributed by atoms with Crippen molar-refractivity contribution in [3.8, 4) is 0 Å². The first-order valence-electron chi connectivity index (χ1n) is 9.38. The molecule has 0 aliphatic heterocycles. The van der Waals surface area contributed by atoms with E-state index >= 15 is 0 Å². The van der Waals surface area contributed by atoms with Gasteiger partial charge in [0.15, 0.2) is 0 Å². The third-order valence-corrected chi connectivity index (χ3v) is 7.57. The number of sulfonamides is 2. The Labute approximate surface area is 178 Å². The maximum Gasteiger partial charge on any atom is 0.241 e. The Balaban J connectivity index is 1.85. The largest absolute Gasteiger partial charge is 0.241 e. The van der Waals surface area contributed by atoms with Gasteiger partial charge in [-0.05, 0) is 43.7 Å². The summed E-state index contributed by atoms with van der Waals surface area (Å²) in [7, 11) is -7.64. The van der Waals surface area contributed by atoms with Gasteiger partial charge in [-0.25, -0.2) is 26.3 Å². The summed E-state index contributed by atoms with van der Waals surface area (Å²) in [4.78, 5) is 0.247. The van der Waals surface area contributed by atoms with Crippen LogP contribution in [-0.2, 0) is 20.0 Å². The predicted octanol–water partition coefficient (Wildman–Crippen LogP) is 3.30. The van der Waals surface area contributed by atoms with E-state index in [1.807, 2.05) is 19.9 Å². The van der Waals surface area contributed by atoms with E-state index in [4.69, 9.17) is 0 Å². The number of nitrogens with one attached hydrogen (secondary N) is 2. The van der Waals surface area contributed by atoms with Gasteiger partial charge in [-0.3, -0.25) is 0 Å². The second-order valence-electron chi connectivity index (χ2n) is 7.06. The van der Waals surface area contributed by atoms with Gasteiger partial charge in [0.1, 0.15) is 0 Å². The van der Waals surface area contributed by atoms with Crippen molar-refractivity contribution in [2.45, 2.75) is 29.7 Å². The van der Waals surface area contributed by atoms with Crippen molar-refractivity contribution in [2.75, 3.05) is 6.54 Å². The minimum Gasteiger partial charge on any atom is -0.209 e. The number of aryl methyl sites for hydroxylation is 2. The lowest BCUT2D eigenvalue weighted by Gasteiger charge is -2.20. The molecule has 30 heavy (non-hydrogen) atoms. The lowest BCUT2D eigenvalue weighted by molar-refractivity contribution is 0.540. The van der Waals surface area contributed by atoms with Crippen LogP contribution < -0.4 is 9.44 Å². The van der Waals surface area contributed by atoms with E-state index in [0.717, 1.165) is 11.1 Å². The summed E-state index contributed by atoms with van der Waals surface area (Å²) in [6, 6.07) is 21.0. The van der Waals surface area contributed by atoms with Crippen LogP contribution in [0.5, 0.6) is 0 Å². The Morgan fingerprint density at radius 3 is 1.63 bits per heavy atom. The van der Waals surface area contributed by atoms with Crippen LogP contribution in [0.1, 0.15) is 22.7 Å².